The molecular weight excluding hydrogens is 156 g/mol. The van der Waals surface area contributed by atoms with Gasteiger partial charge in [-0.3, -0.25) is 0 Å². The van der Waals surface area contributed by atoms with Gasteiger partial charge in [0.25, 0.3) is 0 Å². The van der Waals surface area contributed by atoms with Gasteiger partial charge in [0.2, 0.25) is 0 Å². The van der Waals surface area contributed by atoms with Gasteiger partial charge in [-0.1, -0.05) is 51.1 Å². The Labute approximate surface area is 80.3 Å². The molecule has 0 spiro atoms. The van der Waals surface area contributed by atoms with E-state index in [0.717, 1.165) is 6.42 Å². The number of hydrogen-bond acceptors (Lipinski definition) is 0. The number of hydrogen-bond donors (Lipinski definition) is 0. The summed E-state index contributed by atoms with van der Waals surface area (Å²) in [6.45, 7) is 6.75. The maximum absolute atomic E-state index is 2.34. The molecule has 0 atom stereocenters. The van der Waals surface area contributed by atoms with E-state index in [1.165, 1.54) is 16.7 Å². The second-order valence-corrected chi connectivity index (χ2v) is 4.33. The lowest BCUT2D eigenvalue weighted by atomic mass is 9.86. The molecule has 68 valence electrons. The summed E-state index contributed by atoms with van der Waals surface area (Å²) < 4.78 is 0. The van der Waals surface area contributed by atoms with Gasteiger partial charge in [-0.25, -0.2) is 0 Å². The zero-order valence-corrected chi connectivity index (χ0v) is 8.59. The SMILES string of the molecule is CCc1ccc2c(c1)C(C)(C)C=C2. The Kier molecular flexibility index (Phi) is 1.80. The molecule has 0 heterocycles. The molecule has 0 heteroatoms. The van der Waals surface area contributed by atoms with Crippen molar-refractivity contribution in [1.82, 2.24) is 0 Å². The second-order valence-electron chi connectivity index (χ2n) is 4.33. The van der Waals surface area contributed by atoms with Gasteiger partial charge in [-0.2, -0.15) is 0 Å². The summed E-state index contributed by atoms with van der Waals surface area (Å²) in [5, 5.41) is 0. The fourth-order valence-electron chi connectivity index (χ4n) is 1.91. The molecule has 0 aliphatic heterocycles. The molecule has 2 rings (SSSR count). The highest BCUT2D eigenvalue weighted by Crippen LogP contribution is 2.35. The van der Waals surface area contributed by atoms with Crippen LogP contribution in [0.15, 0.2) is 24.3 Å². The van der Waals surface area contributed by atoms with Crippen LogP contribution in [0.25, 0.3) is 6.08 Å². The third-order valence-corrected chi connectivity index (χ3v) is 2.90. The molecule has 0 nitrogen and oxygen atoms in total. The van der Waals surface area contributed by atoms with Crippen LogP contribution < -0.4 is 0 Å². The predicted octanol–water partition coefficient (Wildman–Crippen LogP) is 3.55. The molecule has 1 aromatic carbocycles. The van der Waals surface area contributed by atoms with E-state index in [1.54, 1.807) is 0 Å². The Morgan fingerprint density at radius 1 is 1.23 bits per heavy atom. The number of rotatable bonds is 1. The van der Waals surface area contributed by atoms with Crippen molar-refractivity contribution < 1.29 is 0 Å². The summed E-state index contributed by atoms with van der Waals surface area (Å²) in [6, 6.07) is 6.80. The first-order valence-corrected chi connectivity index (χ1v) is 4.96. The van der Waals surface area contributed by atoms with Gasteiger partial charge < -0.3 is 0 Å². The van der Waals surface area contributed by atoms with Crippen LogP contribution >= 0.6 is 0 Å². The number of allylic oxidation sites excluding steroid dienone is 1. The highest BCUT2D eigenvalue weighted by molar-refractivity contribution is 5.65. The van der Waals surface area contributed by atoms with Gasteiger partial charge in [0.05, 0.1) is 0 Å². The van der Waals surface area contributed by atoms with Gasteiger partial charge in [-0.05, 0) is 23.1 Å². The summed E-state index contributed by atoms with van der Waals surface area (Å²) >= 11 is 0. The van der Waals surface area contributed by atoms with Crippen molar-refractivity contribution in [3.8, 4) is 0 Å². The largest absolute Gasteiger partial charge is 0.0739 e. The molecular formula is C13H16. The van der Waals surface area contributed by atoms with Gasteiger partial charge in [0.1, 0.15) is 0 Å². The van der Waals surface area contributed by atoms with E-state index in [2.05, 4.69) is 51.1 Å². The predicted molar refractivity (Wildman–Crippen MR) is 57.9 cm³/mol. The first-order valence-electron chi connectivity index (χ1n) is 4.96. The lowest BCUT2D eigenvalue weighted by Crippen LogP contribution is -2.10. The fraction of sp³-hybridized carbons (Fsp3) is 0.385. The van der Waals surface area contributed by atoms with Gasteiger partial charge in [0, 0.05) is 5.41 Å². The molecule has 0 radical (unpaired) electrons. The van der Waals surface area contributed by atoms with Crippen LogP contribution in [0, 0.1) is 0 Å². The molecule has 0 bridgehead atoms. The Morgan fingerprint density at radius 2 is 2.00 bits per heavy atom. The highest BCUT2D eigenvalue weighted by Gasteiger charge is 2.24. The topological polar surface area (TPSA) is 0 Å². The lowest BCUT2D eigenvalue weighted by molar-refractivity contribution is 0.682. The van der Waals surface area contributed by atoms with Crippen molar-refractivity contribution in [3.63, 3.8) is 0 Å². The van der Waals surface area contributed by atoms with Crippen LogP contribution in [0.3, 0.4) is 0 Å². The van der Waals surface area contributed by atoms with E-state index < -0.39 is 0 Å². The highest BCUT2D eigenvalue weighted by atomic mass is 14.3. The third kappa shape index (κ3) is 1.31. The van der Waals surface area contributed by atoms with E-state index in [0.29, 0.717) is 0 Å². The van der Waals surface area contributed by atoms with Crippen LogP contribution in [-0.2, 0) is 11.8 Å². The second kappa shape index (κ2) is 2.73. The van der Waals surface area contributed by atoms with Gasteiger partial charge in [-0.15, -0.1) is 0 Å². The summed E-state index contributed by atoms with van der Waals surface area (Å²) in [7, 11) is 0. The van der Waals surface area contributed by atoms with E-state index in [-0.39, 0.29) is 5.41 Å². The summed E-state index contributed by atoms with van der Waals surface area (Å²) in [5.41, 5.74) is 4.55. The van der Waals surface area contributed by atoms with Crippen LogP contribution in [0.1, 0.15) is 37.5 Å². The van der Waals surface area contributed by atoms with E-state index in [1.807, 2.05) is 0 Å². The minimum Gasteiger partial charge on any atom is -0.0739 e. The quantitative estimate of drug-likeness (QED) is 0.607. The Balaban J connectivity index is 2.54. The first kappa shape index (κ1) is 8.55. The zero-order valence-electron chi connectivity index (χ0n) is 8.59. The van der Waals surface area contributed by atoms with Crippen molar-refractivity contribution in [2.45, 2.75) is 32.6 Å². The van der Waals surface area contributed by atoms with Crippen LogP contribution in [0.2, 0.25) is 0 Å². The smallest absolute Gasteiger partial charge is 0.00846 e. The molecule has 0 fully saturated rings. The summed E-state index contributed by atoms with van der Waals surface area (Å²) in [4.78, 5) is 0. The molecule has 1 aliphatic carbocycles. The molecule has 1 aliphatic rings. The van der Waals surface area contributed by atoms with Crippen LogP contribution in [0.4, 0.5) is 0 Å². The number of fused-ring (bicyclic) bond motifs is 1. The maximum Gasteiger partial charge on any atom is 0.00846 e. The molecule has 0 amide bonds. The molecule has 0 aromatic heterocycles. The Morgan fingerprint density at radius 3 is 2.69 bits per heavy atom. The van der Waals surface area contributed by atoms with Gasteiger partial charge in [0.15, 0.2) is 0 Å². The van der Waals surface area contributed by atoms with Crippen molar-refractivity contribution in [2.24, 2.45) is 0 Å². The molecule has 0 saturated carbocycles. The molecule has 0 N–H and O–H groups in total. The maximum atomic E-state index is 2.34. The van der Waals surface area contributed by atoms with E-state index in [9.17, 15) is 0 Å². The lowest BCUT2D eigenvalue weighted by Gasteiger charge is -2.18. The van der Waals surface area contributed by atoms with E-state index >= 15 is 0 Å². The van der Waals surface area contributed by atoms with Crippen LogP contribution in [0.5, 0.6) is 0 Å². The molecule has 1 aromatic rings. The fourth-order valence-corrected chi connectivity index (χ4v) is 1.91. The zero-order chi connectivity index (χ0) is 9.47. The molecule has 13 heavy (non-hydrogen) atoms. The van der Waals surface area contributed by atoms with Crippen molar-refractivity contribution in [3.05, 3.63) is 41.0 Å². The molecule has 0 saturated heterocycles. The summed E-state index contributed by atoms with van der Waals surface area (Å²) in [6.07, 6.45) is 5.65. The minimum atomic E-state index is 0.237. The third-order valence-electron chi connectivity index (χ3n) is 2.90. The monoisotopic (exact) mass is 172 g/mol. The van der Waals surface area contributed by atoms with Crippen molar-refractivity contribution in [1.29, 1.82) is 0 Å². The van der Waals surface area contributed by atoms with E-state index in [4.69, 9.17) is 0 Å². The summed E-state index contributed by atoms with van der Waals surface area (Å²) in [5.74, 6) is 0. The number of benzene rings is 1. The Hall–Kier alpha value is -1.04. The minimum absolute atomic E-state index is 0.237. The Bertz CT molecular complexity index is 356. The average Bonchev–Trinajstić information content (AvgIpc) is 2.42. The van der Waals surface area contributed by atoms with Crippen molar-refractivity contribution in [2.75, 3.05) is 0 Å². The molecule has 0 unspecified atom stereocenters. The number of aryl methyl sites for hydroxylation is 1. The normalized spacial score (nSPS) is 17.5. The average molecular weight is 172 g/mol. The van der Waals surface area contributed by atoms with Crippen LogP contribution in [-0.4, -0.2) is 0 Å². The van der Waals surface area contributed by atoms with Crippen molar-refractivity contribution >= 4 is 6.08 Å². The standard InChI is InChI=1S/C13H16/c1-4-10-5-6-11-7-8-13(2,3)12(11)9-10/h5-9H,4H2,1-3H3. The van der Waals surface area contributed by atoms with Gasteiger partial charge >= 0.3 is 0 Å². The first-order chi connectivity index (χ1) is 6.13.